The van der Waals surface area contributed by atoms with Gasteiger partial charge in [0.25, 0.3) is 5.89 Å². The smallest absolute Gasteiger partial charge is 0.387 e. The van der Waals surface area contributed by atoms with Gasteiger partial charge in [0.15, 0.2) is 5.15 Å². The molecule has 5 nitrogen and oxygen atoms in total. The van der Waals surface area contributed by atoms with Crippen molar-refractivity contribution in [1.29, 1.82) is 0 Å². The first-order valence-corrected chi connectivity index (χ1v) is 6.49. The van der Waals surface area contributed by atoms with Crippen LogP contribution in [0.25, 0.3) is 17.1 Å². The monoisotopic (exact) mass is 325 g/mol. The van der Waals surface area contributed by atoms with E-state index < -0.39 is 11.6 Å². The molecule has 2 aromatic heterocycles. The Bertz CT molecular complexity index is 856. The topological polar surface area (TPSA) is 60.9 Å². The molecule has 0 spiro atoms. The minimum atomic E-state index is -0.820. The van der Waals surface area contributed by atoms with Gasteiger partial charge in [-0.05, 0) is 24.3 Å². The van der Waals surface area contributed by atoms with Gasteiger partial charge in [0.05, 0.1) is 10.6 Å². The molecule has 0 aliphatic rings. The maximum Gasteiger partial charge on any atom is 0.442 e. The third kappa shape index (κ3) is 2.43. The molecule has 0 fully saturated rings. The highest BCUT2D eigenvalue weighted by molar-refractivity contribution is 6.33. The SMILES string of the molecule is O=c1oc(-c2c(F)cccc2Cl)nn1-c1cccnc1Cl. The van der Waals surface area contributed by atoms with Crippen LogP contribution in [0.15, 0.2) is 45.7 Å². The summed E-state index contributed by atoms with van der Waals surface area (Å²) >= 11 is 11.8. The van der Waals surface area contributed by atoms with Crippen molar-refractivity contribution in [3.63, 3.8) is 0 Å². The highest BCUT2D eigenvalue weighted by Gasteiger charge is 2.19. The summed E-state index contributed by atoms with van der Waals surface area (Å²) in [5.74, 6) is -1.70. The maximum absolute atomic E-state index is 13.8. The summed E-state index contributed by atoms with van der Waals surface area (Å²) in [7, 11) is 0. The second kappa shape index (κ2) is 5.31. The molecule has 1 aromatic carbocycles. The van der Waals surface area contributed by atoms with Crippen LogP contribution in [-0.4, -0.2) is 14.8 Å². The fraction of sp³-hybridized carbons (Fsp3) is 0. The Kier molecular flexibility index (Phi) is 3.48. The third-order valence-corrected chi connectivity index (χ3v) is 3.30. The second-order valence-corrected chi connectivity index (χ2v) is 4.76. The quantitative estimate of drug-likeness (QED) is 0.678. The van der Waals surface area contributed by atoms with E-state index in [-0.39, 0.29) is 27.3 Å². The molecule has 3 rings (SSSR count). The second-order valence-electron chi connectivity index (χ2n) is 3.99. The molecule has 0 atom stereocenters. The molecule has 0 saturated carbocycles. The first-order valence-electron chi connectivity index (χ1n) is 5.73. The number of halogens is 3. The van der Waals surface area contributed by atoms with Crippen LogP contribution in [0.3, 0.4) is 0 Å². The van der Waals surface area contributed by atoms with E-state index in [1.165, 1.54) is 30.5 Å². The van der Waals surface area contributed by atoms with Gasteiger partial charge in [-0.3, -0.25) is 0 Å². The molecule has 0 aliphatic carbocycles. The zero-order chi connectivity index (χ0) is 15.0. The standard InChI is InChI=1S/C13H6Cl2FN3O2/c14-7-3-1-4-8(16)10(7)12-18-19(13(20)21-12)9-5-2-6-17-11(9)15/h1-6H. The number of benzene rings is 1. The van der Waals surface area contributed by atoms with Gasteiger partial charge in [0, 0.05) is 6.20 Å². The Morgan fingerprint density at radius 1 is 1.19 bits per heavy atom. The van der Waals surface area contributed by atoms with Crippen molar-refractivity contribution in [1.82, 2.24) is 14.8 Å². The van der Waals surface area contributed by atoms with Crippen LogP contribution in [-0.2, 0) is 0 Å². The summed E-state index contributed by atoms with van der Waals surface area (Å²) in [6, 6.07) is 7.21. The number of hydrogen-bond acceptors (Lipinski definition) is 4. The normalized spacial score (nSPS) is 10.8. The molecule has 0 aliphatic heterocycles. The highest BCUT2D eigenvalue weighted by atomic mass is 35.5. The minimum Gasteiger partial charge on any atom is -0.387 e. The zero-order valence-electron chi connectivity index (χ0n) is 10.3. The van der Waals surface area contributed by atoms with Crippen molar-refractivity contribution in [2.45, 2.75) is 0 Å². The summed E-state index contributed by atoms with van der Waals surface area (Å²) < 4.78 is 19.7. The lowest BCUT2D eigenvalue weighted by Crippen LogP contribution is -2.14. The molecule has 3 aromatic rings. The van der Waals surface area contributed by atoms with E-state index in [0.29, 0.717) is 0 Å². The molecule has 0 unspecified atom stereocenters. The van der Waals surface area contributed by atoms with E-state index >= 15 is 0 Å². The predicted molar refractivity (Wildman–Crippen MR) is 75.3 cm³/mol. The molecule has 0 radical (unpaired) electrons. The van der Waals surface area contributed by atoms with Gasteiger partial charge in [-0.2, -0.15) is 4.68 Å². The van der Waals surface area contributed by atoms with Crippen LogP contribution in [0.4, 0.5) is 4.39 Å². The minimum absolute atomic E-state index is 0.0686. The lowest BCUT2D eigenvalue weighted by Gasteiger charge is -2.00. The van der Waals surface area contributed by atoms with Crippen molar-refractivity contribution >= 4 is 23.2 Å². The third-order valence-electron chi connectivity index (χ3n) is 2.69. The van der Waals surface area contributed by atoms with Crippen LogP contribution in [0.5, 0.6) is 0 Å². The molecule has 0 amide bonds. The number of nitrogens with zero attached hydrogens (tertiary/aromatic N) is 3. The molecule has 21 heavy (non-hydrogen) atoms. The van der Waals surface area contributed by atoms with E-state index in [9.17, 15) is 9.18 Å². The molecule has 0 bridgehead atoms. The first-order chi connectivity index (χ1) is 10.1. The van der Waals surface area contributed by atoms with Crippen LogP contribution >= 0.6 is 23.2 Å². The molecule has 0 saturated heterocycles. The fourth-order valence-electron chi connectivity index (χ4n) is 1.77. The van der Waals surface area contributed by atoms with Gasteiger partial charge in [-0.25, -0.2) is 14.2 Å². The molecule has 0 N–H and O–H groups in total. The van der Waals surface area contributed by atoms with Crippen molar-refractivity contribution in [3.8, 4) is 17.1 Å². The van der Waals surface area contributed by atoms with Gasteiger partial charge in [-0.15, -0.1) is 5.10 Å². The molecule has 106 valence electrons. The van der Waals surface area contributed by atoms with Gasteiger partial charge in [-0.1, -0.05) is 29.3 Å². The average Bonchev–Trinajstić information content (AvgIpc) is 2.81. The number of rotatable bonds is 2. The van der Waals surface area contributed by atoms with E-state index in [0.717, 1.165) is 4.68 Å². The largest absolute Gasteiger partial charge is 0.442 e. The Balaban J connectivity index is 2.20. The Labute approximate surface area is 127 Å². The maximum atomic E-state index is 13.8. The summed E-state index contributed by atoms with van der Waals surface area (Å²) in [5, 5.41) is 4.07. The lowest BCUT2D eigenvalue weighted by molar-refractivity contribution is 0.511. The van der Waals surface area contributed by atoms with Gasteiger partial charge in [0.1, 0.15) is 11.5 Å². The summed E-state index contributed by atoms with van der Waals surface area (Å²) in [4.78, 5) is 15.7. The number of pyridine rings is 1. The van der Waals surface area contributed by atoms with E-state index in [1.54, 1.807) is 6.07 Å². The number of hydrogen-bond donors (Lipinski definition) is 0. The molecule has 2 heterocycles. The summed E-state index contributed by atoms with van der Waals surface area (Å²) in [6.07, 6.45) is 1.46. The van der Waals surface area contributed by atoms with Gasteiger partial charge < -0.3 is 4.42 Å². The van der Waals surface area contributed by atoms with E-state index in [4.69, 9.17) is 27.6 Å². The van der Waals surface area contributed by atoms with Crippen molar-refractivity contribution < 1.29 is 8.81 Å². The fourth-order valence-corrected chi connectivity index (χ4v) is 2.21. The highest BCUT2D eigenvalue weighted by Crippen LogP contribution is 2.29. The predicted octanol–water partition coefficient (Wildman–Crippen LogP) is 3.33. The molecular weight excluding hydrogens is 320 g/mol. The number of aromatic nitrogens is 3. The summed E-state index contributed by atoms with van der Waals surface area (Å²) in [5.41, 5.74) is 0.140. The van der Waals surface area contributed by atoms with Crippen LogP contribution in [0.2, 0.25) is 10.2 Å². The van der Waals surface area contributed by atoms with Crippen LogP contribution in [0.1, 0.15) is 0 Å². The Morgan fingerprint density at radius 2 is 2.00 bits per heavy atom. The van der Waals surface area contributed by atoms with Gasteiger partial charge >= 0.3 is 5.76 Å². The van der Waals surface area contributed by atoms with E-state index in [1.807, 2.05) is 0 Å². The van der Waals surface area contributed by atoms with Crippen molar-refractivity contribution in [2.24, 2.45) is 0 Å². The van der Waals surface area contributed by atoms with Crippen molar-refractivity contribution in [2.75, 3.05) is 0 Å². The molecule has 8 heteroatoms. The average molecular weight is 326 g/mol. The van der Waals surface area contributed by atoms with Crippen LogP contribution < -0.4 is 5.76 Å². The van der Waals surface area contributed by atoms with Crippen LogP contribution in [0, 0.1) is 5.82 Å². The van der Waals surface area contributed by atoms with Gasteiger partial charge in [0.2, 0.25) is 0 Å². The zero-order valence-corrected chi connectivity index (χ0v) is 11.8. The first kappa shape index (κ1) is 13.8. The van der Waals surface area contributed by atoms with Crippen molar-refractivity contribution in [3.05, 3.63) is 63.1 Å². The summed E-state index contributed by atoms with van der Waals surface area (Å²) in [6.45, 7) is 0. The van der Waals surface area contributed by atoms with E-state index in [2.05, 4.69) is 10.1 Å². The molecular formula is C13H6Cl2FN3O2. The Morgan fingerprint density at radius 3 is 2.71 bits per heavy atom. The Hall–Kier alpha value is -2.18. The lowest BCUT2D eigenvalue weighted by atomic mass is 10.2.